The zero-order valence-electron chi connectivity index (χ0n) is 7.26. The Morgan fingerprint density at radius 2 is 2.31 bits per heavy atom. The van der Waals surface area contributed by atoms with Gasteiger partial charge in [0.25, 0.3) is 0 Å². The average molecular weight is 242 g/mol. The summed E-state index contributed by atoms with van der Waals surface area (Å²) in [6.45, 7) is 1.21. The first kappa shape index (κ1) is 9.19. The largest absolute Gasteiger partial charge is 0.392 e. The highest BCUT2D eigenvalue weighted by atomic mass is 79.9. The summed E-state index contributed by atoms with van der Waals surface area (Å²) in [7, 11) is 0. The lowest BCUT2D eigenvalue weighted by Crippen LogP contribution is -2.35. The molecular weight excluding hydrogens is 230 g/mol. The summed E-state index contributed by atoms with van der Waals surface area (Å²) in [5.41, 5.74) is 2.25. The summed E-state index contributed by atoms with van der Waals surface area (Å²) in [6, 6.07) is 6.47. The minimum absolute atomic E-state index is 0.126. The first-order chi connectivity index (χ1) is 6.31. The van der Waals surface area contributed by atoms with Crippen LogP contribution in [-0.2, 0) is 6.61 Å². The van der Waals surface area contributed by atoms with Gasteiger partial charge < -0.3 is 10.4 Å². The molecule has 1 saturated heterocycles. The molecule has 70 valence electrons. The van der Waals surface area contributed by atoms with Gasteiger partial charge in [0.05, 0.1) is 6.61 Å². The third-order valence-corrected chi connectivity index (χ3v) is 2.97. The van der Waals surface area contributed by atoms with Crippen LogP contribution < -0.4 is 5.32 Å². The van der Waals surface area contributed by atoms with Crippen molar-refractivity contribution in [2.24, 2.45) is 0 Å². The smallest absolute Gasteiger partial charge is 0.0685 e. The maximum absolute atomic E-state index is 9.13. The Morgan fingerprint density at radius 3 is 2.85 bits per heavy atom. The van der Waals surface area contributed by atoms with Gasteiger partial charge >= 0.3 is 0 Å². The van der Waals surface area contributed by atoms with Crippen LogP contribution in [0.2, 0.25) is 0 Å². The third-order valence-electron chi connectivity index (χ3n) is 2.48. The van der Waals surface area contributed by atoms with Gasteiger partial charge in [-0.2, -0.15) is 0 Å². The third kappa shape index (κ3) is 1.77. The quantitative estimate of drug-likeness (QED) is 0.831. The van der Waals surface area contributed by atoms with Crippen molar-refractivity contribution >= 4 is 15.9 Å². The lowest BCUT2D eigenvalue weighted by atomic mass is 9.94. The first-order valence-electron chi connectivity index (χ1n) is 4.44. The zero-order valence-corrected chi connectivity index (χ0v) is 8.84. The zero-order chi connectivity index (χ0) is 9.26. The second-order valence-electron chi connectivity index (χ2n) is 3.30. The van der Waals surface area contributed by atoms with Crippen LogP contribution in [0, 0.1) is 0 Å². The van der Waals surface area contributed by atoms with Crippen LogP contribution in [0.5, 0.6) is 0 Å². The lowest BCUT2D eigenvalue weighted by molar-refractivity contribution is 0.276. The monoisotopic (exact) mass is 241 g/mol. The van der Waals surface area contributed by atoms with Gasteiger partial charge in [0.15, 0.2) is 0 Å². The number of benzene rings is 1. The van der Waals surface area contributed by atoms with E-state index >= 15 is 0 Å². The Balaban J connectivity index is 2.33. The Labute approximate surface area is 86.1 Å². The molecule has 0 radical (unpaired) electrons. The molecule has 0 aromatic heterocycles. The van der Waals surface area contributed by atoms with E-state index in [0.717, 1.165) is 16.6 Å². The highest BCUT2D eigenvalue weighted by molar-refractivity contribution is 9.10. The van der Waals surface area contributed by atoms with E-state index in [4.69, 9.17) is 5.11 Å². The molecule has 1 atom stereocenters. The molecule has 0 bridgehead atoms. The highest BCUT2D eigenvalue weighted by Crippen LogP contribution is 2.28. The van der Waals surface area contributed by atoms with Crippen molar-refractivity contribution < 1.29 is 5.11 Å². The molecule has 1 aromatic rings. The van der Waals surface area contributed by atoms with Gasteiger partial charge in [-0.25, -0.2) is 0 Å². The highest BCUT2D eigenvalue weighted by Gasteiger charge is 2.20. The molecule has 1 aliphatic rings. The van der Waals surface area contributed by atoms with E-state index in [1.165, 1.54) is 12.0 Å². The van der Waals surface area contributed by atoms with Gasteiger partial charge in [-0.3, -0.25) is 0 Å². The number of rotatable bonds is 2. The molecule has 3 heteroatoms. The Bertz CT molecular complexity index is 310. The molecule has 1 aromatic carbocycles. The predicted molar refractivity (Wildman–Crippen MR) is 55.4 cm³/mol. The minimum atomic E-state index is 0.126. The van der Waals surface area contributed by atoms with E-state index in [2.05, 4.69) is 27.3 Å². The molecule has 1 aliphatic heterocycles. The van der Waals surface area contributed by atoms with Crippen molar-refractivity contribution in [2.45, 2.75) is 19.1 Å². The van der Waals surface area contributed by atoms with Crippen molar-refractivity contribution in [3.8, 4) is 0 Å². The van der Waals surface area contributed by atoms with Crippen LogP contribution >= 0.6 is 15.9 Å². The number of halogens is 1. The maximum Gasteiger partial charge on any atom is 0.0685 e. The van der Waals surface area contributed by atoms with E-state index in [1.807, 2.05) is 12.1 Å². The summed E-state index contributed by atoms with van der Waals surface area (Å²) in [5.74, 6) is 0. The molecule has 2 rings (SSSR count). The molecule has 0 unspecified atom stereocenters. The second kappa shape index (κ2) is 3.78. The van der Waals surface area contributed by atoms with Gasteiger partial charge in [-0.05, 0) is 36.2 Å². The van der Waals surface area contributed by atoms with E-state index in [0.29, 0.717) is 6.04 Å². The van der Waals surface area contributed by atoms with Crippen molar-refractivity contribution in [2.75, 3.05) is 6.54 Å². The van der Waals surface area contributed by atoms with Crippen LogP contribution in [0.25, 0.3) is 0 Å². The molecule has 0 spiro atoms. The van der Waals surface area contributed by atoms with Gasteiger partial charge in [0.1, 0.15) is 0 Å². The fraction of sp³-hybridized carbons (Fsp3) is 0.400. The second-order valence-corrected chi connectivity index (χ2v) is 4.21. The predicted octanol–water partition coefficient (Wildman–Crippen LogP) is 1.98. The van der Waals surface area contributed by atoms with Gasteiger partial charge in [0, 0.05) is 10.5 Å². The molecule has 0 saturated carbocycles. The summed E-state index contributed by atoms with van der Waals surface area (Å²) in [5, 5.41) is 12.5. The van der Waals surface area contributed by atoms with E-state index in [-0.39, 0.29) is 6.61 Å². The fourth-order valence-corrected chi connectivity index (χ4v) is 1.97. The number of nitrogens with one attached hydrogen (secondary N) is 1. The molecule has 2 nitrogen and oxygen atoms in total. The van der Waals surface area contributed by atoms with Crippen LogP contribution in [0.4, 0.5) is 0 Å². The lowest BCUT2D eigenvalue weighted by Gasteiger charge is -2.29. The molecule has 0 amide bonds. The van der Waals surface area contributed by atoms with Gasteiger partial charge in [-0.1, -0.05) is 22.0 Å². The summed E-state index contributed by atoms with van der Waals surface area (Å²) < 4.78 is 1.08. The van der Waals surface area contributed by atoms with Crippen molar-refractivity contribution in [1.29, 1.82) is 0 Å². The first-order valence-corrected chi connectivity index (χ1v) is 5.23. The summed E-state index contributed by atoms with van der Waals surface area (Å²) in [4.78, 5) is 0. The Morgan fingerprint density at radius 1 is 1.54 bits per heavy atom. The topological polar surface area (TPSA) is 32.3 Å². The molecule has 2 N–H and O–H groups in total. The van der Waals surface area contributed by atoms with Crippen LogP contribution in [0.15, 0.2) is 22.7 Å². The summed E-state index contributed by atoms with van der Waals surface area (Å²) >= 11 is 3.44. The van der Waals surface area contributed by atoms with Gasteiger partial charge in [0.2, 0.25) is 0 Å². The standard InChI is InChI=1S/C10H12BrNO/c11-8-2-1-7(6-13)9(5-8)10-3-4-12-10/h1-2,5,10,12-13H,3-4,6H2/t10-/m1/s1. The Hall–Kier alpha value is -0.380. The van der Waals surface area contributed by atoms with Crippen molar-refractivity contribution in [3.05, 3.63) is 33.8 Å². The minimum Gasteiger partial charge on any atom is -0.392 e. The molecule has 0 aliphatic carbocycles. The van der Waals surface area contributed by atoms with Crippen LogP contribution in [-0.4, -0.2) is 11.7 Å². The Kier molecular flexibility index (Phi) is 2.67. The van der Waals surface area contributed by atoms with Crippen molar-refractivity contribution in [3.63, 3.8) is 0 Å². The van der Waals surface area contributed by atoms with E-state index < -0.39 is 0 Å². The summed E-state index contributed by atoms with van der Waals surface area (Å²) in [6.07, 6.45) is 1.17. The number of hydrogen-bond donors (Lipinski definition) is 2. The van der Waals surface area contributed by atoms with Crippen LogP contribution in [0.1, 0.15) is 23.6 Å². The van der Waals surface area contributed by atoms with E-state index in [1.54, 1.807) is 0 Å². The number of hydrogen-bond acceptors (Lipinski definition) is 2. The number of aliphatic hydroxyl groups excluding tert-OH is 1. The van der Waals surface area contributed by atoms with Gasteiger partial charge in [-0.15, -0.1) is 0 Å². The molecule has 1 fully saturated rings. The molecular formula is C10H12BrNO. The molecule has 13 heavy (non-hydrogen) atoms. The van der Waals surface area contributed by atoms with Crippen molar-refractivity contribution in [1.82, 2.24) is 5.32 Å². The number of aliphatic hydroxyl groups is 1. The van der Waals surface area contributed by atoms with Crippen LogP contribution in [0.3, 0.4) is 0 Å². The maximum atomic E-state index is 9.13. The average Bonchev–Trinajstić information content (AvgIpc) is 2.02. The normalized spacial score (nSPS) is 21.2. The van der Waals surface area contributed by atoms with E-state index in [9.17, 15) is 0 Å². The molecule has 1 heterocycles. The SMILES string of the molecule is OCc1ccc(Br)cc1[C@H]1CCN1. The fourth-order valence-electron chi connectivity index (χ4n) is 1.59.